The number of benzene rings is 1. The second-order valence-electron chi connectivity index (χ2n) is 4.53. The molecule has 1 rings (SSSR count). The number of carbonyl (C=O) groups is 2. The number of rotatable bonds is 4. The van der Waals surface area contributed by atoms with Crippen molar-refractivity contribution in [1.82, 2.24) is 5.32 Å². The van der Waals surface area contributed by atoms with Crippen LogP contribution in [0.1, 0.15) is 24.5 Å². The molecule has 5 nitrogen and oxygen atoms in total. The summed E-state index contributed by atoms with van der Waals surface area (Å²) in [6.45, 7) is 5.41. The van der Waals surface area contributed by atoms with E-state index in [1.807, 2.05) is 39.0 Å². The number of nitrogens with one attached hydrogen (secondary N) is 2. The number of aryl methyl sites for hydroxylation is 2. The van der Waals surface area contributed by atoms with Crippen molar-refractivity contribution in [1.29, 1.82) is 0 Å². The SMILES string of the molecule is CCC(CO)NC(=O)C(=O)Nc1cc(C)ccc1C. The standard InChI is InChI=1S/C14H20N2O3/c1-4-11(8-17)15-13(18)14(19)16-12-7-9(2)5-6-10(12)3/h5-7,11,17H,4,8H2,1-3H3,(H,15,18)(H,16,19). The van der Waals surface area contributed by atoms with Crippen LogP contribution in [0.4, 0.5) is 5.69 Å². The Kier molecular flexibility index (Phi) is 5.51. The first-order chi connectivity index (χ1) is 8.97. The van der Waals surface area contributed by atoms with Crippen molar-refractivity contribution in [2.75, 3.05) is 11.9 Å². The topological polar surface area (TPSA) is 78.4 Å². The summed E-state index contributed by atoms with van der Waals surface area (Å²) in [5.41, 5.74) is 2.52. The van der Waals surface area contributed by atoms with Crippen LogP contribution in [-0.2, 0) is 9.59 Å². The van der Waals surface area contributed by atoms with Crippen molar-refractivity contribution in [3.05, 3.63) is 29.3 Å². The van der Waals surface area contributed by atoms with E-state index in [0.29, 0.717) is 12.1 Å². The Bertz CT molecular complexity index is 468. The van der Waals surface area contributed by atoms with Crippen LogP contribution in [-0.4, -0.2) is 29.6 Å². The summed E-state index contributed by atoms with van der Waals surface area (Å²) in [4.78, 5) is 23.4. The molecule has 0 fully saturated rings. The van der Waals surface area contributed by atoms with E-state index in [4.69, 9.17) is 5.11 Å². The highest BCUT2D eigenvalue weighted by molar-refractivity contribution is 6.39. The van der Waals surface area contributed by atoms with Crippen LogP contribution in [0.2, 0.25) is 0 Å². The van der Waals surface area contributed by atoms with Crippen LogP contribution in [0.5, 0.6) is 0 Å². The lowest BCUT2D eigenvalue weighted by Crippen LogP contribution is -2.43. The molecule has 0 heterocycles. The molecular weight excluding hydrogens is 244 g/mol. The Labute approximate surface area is 113 Å². The number of carbonyl (C=O) groups excluding carboxylic acids is 2. The first-order valence-electron chi connectivity index (χ1n) is 6.27. The van der Waals surface area contributed by atoms with Crippen LogP contribution in [0.15, 0.2) is 18.2 Å². The molecule has 1 aromatic rings. The molecule has 1 aromatic carbocycles. The Balaban J connectivity index is 2.69. The molecule has 0 spiro atoms. The van der Waals surface area contributed by atoms with Crippen molar-refractivity contribution < 1.29 is 14.7 Å². The maximum absolute atomic E-state index is 11.7. The largest absolute Gasteiger partial charge is 0.394 e. The van der Waals surface area contributed by atoms with Crippen LogP contribution in [0, 0.1) is 13.8 Å². The first kappa shape index (κ1) is 15.2. The van der Waals surface area contributed by atoms with Gasteiger partial charge in [-0.05, 0) is 37.5 Å². The Hall–Kier alpha value is -1.88. The van der Waals surface area contributed by atoms with Crippen molar-refractivity contribution >= 4 is 17.5 Å². The third-order valence-electron chi connectivity index (χ3n) is 2.90. The van der Waals surface area contributed by atoms with Gasteiger partial charge >= 0.3 is 11.8 Å². The van der Waals surface area contributed by atoms with Gasteiger partial charge in [-0.1, -0.05) is 19.1 Å². The van der Waals surface area contributed by atoms with E-state index < -0.39 is 17.9 Å². The van der Waals surface area contributed by atoms with Crippen molar-refractivity contribution in [3.63, 3.8) is 0 Å². The number of aliphatic hydroxyl groups is 1. The summed E-state index contributed by atoms with van der Waals surface area (Å²) < 4.78 is 0. The molecule has 0 radical (unpaired) electrons. The monoisotopic (exact) mass is 264 g/mol. The van der Waals surface area contributed by atoms with Gasteiger partial charge in [0.05, 0.1) is 12.6 Å². The predicted octanol–water partition coefficient (Wildman–Crippen LogP) is 1.13. The third-order valence-corrected chi connectivity index (χ3v) is 2.90. The second-order valence-corrected chi connectivity index (χ2v) is 4.53. The molecule has 0 bridgehead atoms. The normalized spacial score (nSPS) is 11.8. The highest BCUT2D eigenvalue weighted by Gasteiger charge is 2.17. The molecule has 0 aliphatic carbocycles. The van der Waals surface area contributed by atoms with Crippen molar-refractivity contribution in [2.45, 2.75) is 33.2 Å². The summed E-state index contributed by atoms with van der Waals surface area (Å²) in [5.74, 6) is -1.46. The minimum Gasteiger partial charge on any atom is -0.394 e. The van der Waals surface area contributed by atoms with Gasteiger partial charge in [0.2, 0.25) is 0 Å². The van der Waals surface area contributed by atoms with Crippen LogP contribution in [0.25, 0.3) is 0 Å². The maximum atomic E-state index is 11.7. The van der Waals surface area contributed by atoms with E-state index in [2.05, 4.69) is 10.6 Å². The third kappa shape index (κ3) is 4.37. The molecule has 104 valence electrons. The molecule has 0 aliphatic heterocycles. The fourth-order valence-corrected chi connectivity index (χ4v) is 1.58. The summed E-state index contributed by atoms with van der Waals surface area (Å²) in [7, 11) is 0. The summed E-state index contributed by atoms with van der Waals surface area (Å²) >= 11 is 0. The molecule has 1 unspecified atom stereocenters. The lowest BCUT2D eigenvalue weighted by molar-refractivity contribution is -0.136. The number of hydrogen-bond donors (Lipinski definition) is 3. The minimum absolute atomic E-state index is 0.182. The number of aliphatic hydroxyl groups excluding tert-OH is 1. The Morgan fingerprint density at radius 3 is 2.53 bits per heavy atom. The molecule has 0 saturated heterocycles. The highest BCUT2D eigenvalue weighted by atomic mass is 16.3. The van der Waals surface area contributed by atoms with Gasteiger partial charge in [0, 0.05) is 5.69 Å². The molecule has 0 aliphatic rings. The molecule has 19 heavy (non-hydrogen) atoms. The fraction of sp³-hybridized carbons (Fsp3) is 0.429. The van der Waals surface area contributed by atoms with Gasteiger partial charge in [0.25, 0.3) is 0 Å². The first-order valence-corrected chi connectivity index (χ1v) is 6.27. The summed E-state index contributed by atoms with van der Waals surface area (Å²) in [6.07, 6.45) is 0.568. The van der Waals surface area contributed by atoms with E-state index in [-0.39, 0.29) is 6.61 Å². The smallest absolute Gasteiger partial charge is 0.313 e. The molecule has 3 N–H and O–H groups in total. The average molecular weight is 264 g/mol. The van der Waals surface area contributed by atoms with Crippen molar-refractivity contribution in [2.24, 2.45) is 0 Å². The van der Waals surface area contributed by atoms with Gasteiger partial charge in [-0.2, -0.15) is 0 Å². The number of hydrogen-bond acceptors (Lipinski definition) is 3. The zero-order chi connectivity index (χ0) is 14.4. The quantitative estimate of drug-likeness (QED) is 0.713. The van der Waals surface area contributed by atoms with Gasteiger partial charge in [-0.3, -0.25) is 9.59 Å². The average Bonchev–Trinajstić information content (AvgIpc) is 2.39. The number of anilines is 1. The summed E-state index contributed by atoms with van der Waals surface area (Å²) in [5, 5.41) is 14.0. The van der Waals surface area contributed by atoms with E-state index in [1.165, 1.54) is 0 Å². The van der Waals surface area contributed by atoms with E-state index in [1.54, 1.807) is 0 Å². The van der Waals surface area contributed by atoms with E-state index in [0.717, 1.165) is 11.1 Å². The van der Waals surface area contributed by atoms with Crippen LogP contribution in [0.3, 0.4) is 0 Å². The summed E-state index contributed by atoms with van der Waals surface area (Å²) in [6, 6.07) is 5.23. The molecule has 1 atom stereocenters. The molecular formula is C14H20N2O3. The van der Waals surface area contributed by atoms with Gasteiger partial charge < -0.3 is 15.7 Å². The van der Waals surface area contributed by atoms with Gasteiger partial charge in [-0.25, -0.2) is 0 Å². The molecule has 0 aromatic heterocycles. The van der Waals surface area contributed by atoms with Gasteiger partial charge in [0.15, 0.2) is 0 Å². The van der Waals surface area contributed by atoms with Crippen LogP contribution >= 0.6 is 0 Å². The molecule has 2 amide bonds. The fourth-order valence-electron chi connectivity index (χ4n) is 1.58. The maximum Gasteiger partial charge on any atom is 0.313 e. The molecule has 5 heteroatoms. The lowest BCUT2D eigenvalue weighted by Gasteiger charge is -2.14. The highest BCUT2D eigenvalue weighted by Crippen LogP contribution is 2.16. The van der Waals surface area contributed by atoms with Crippen molar-refractivity contribution in [3.8, 4) is 0 Å². The zero-order valence-corrected chi connectivity index (χ0v) is 11.5. The van der Waals surface area contributed by atoms with E-state index >= 15 is 0 Å². The Morgan fingerprint density at radius 2 is 1.95 bits per heavy atom. The van der Waals surface area contributed by atoms with Crippen LogP contribution < -0.4 is 10.6 Å². The second kappa shape index (κ2) is 6.89. The predicted molar refractivity (Wildman–Crippen MR) is 73.9 cm³/mol. The molecule has 0 saturated carbocycles. The van der Waals surface area contributed by atoms with Gasteiger partial charge in [-0.15, -0.1) is 0 Å². The Morgan fingerprint density at radius 1 is 1.26 bits per heavy atom. The lowest BCUT2D eigenvalue weighted by atomic mass is 10.1. The zero-order valence-electron chi connectivity index (χ0n) is 11.5. The van der Waals surface area contributed by atoms with E-state index in [9.17, 15) is 9.59 Å². The van der Waals surface area contributed by atoms with Gasteiger partial charge in [0.1, 0.15) is 0 Å². The number of amides is 2. The minimum atomic E-state index is -0.734.